The number of β-lactam (4-membered cyclic amide) rings is 1. The van der Waals surface area contributed by atoms with Gasteiger partial charge >= 0.3 is 37.7 Å². The van der Waals surface area contributed by atoms with E-state index in [4.69, 9.17) is 0 Å². The van der Waals surface area contributed by atoms with E-state index in [1.807, 2.05) is 6.20 Å². The van der Waals surface area contributed by atoms with Crippen LogP contribution in [0, 0.1) is 0 Å². The zero-order valence-electron chi connectivity index (χ0n) is 4.50. The first kappa shape index (κ1) is 7.58. The van der Waals surface area contributed by atoms with E-state index in [0.717, 1.165) is 12.8 Å². The van der Waals surface area contributed by atoms with Crippen LogP contribution in [0.2, 0.25) is 0 Å². The van der Waals surface area contributed by atoms with Crippen molar-refractivity contribution in [2.45, 2.75) is 18.9 Å². The van der Waals surface area contributed by atoms with Crippen molar-refractivity contribution >= 4 is 43.6 Å². The van der Waals surface area contributed by atoms with E-state index in [1.165, 1.54) is 0 Å². The molecule has 2 aliphatic heterocycles. The van der Waals surface area contributed by atoms with Crippen molar-refractivity contribution in [3.05, 3.63) is 12.3 Å². The molecule has 1 fully saturated rings. The summed E-state index contributed by atoms with van der Waals surface area (Å²) in [6.45, 7) is 0. The molecule has 2 heterocycles. The van der Waals surface area contributed by atoms with Gasteiger partial charge in [-0.3, -0.25) is 4.79 Å². The average Bonchev–Trinajstić information content (AvgIpc) is 2.09. The summed E-state index contributed by atoms with van der Waals surface area (Å²) in [5.74, 6) is 0.281. The molecule has 2 rings (SSSR count). The number of carbonyl (C=O) groups excluding carboxylic acids is 1. The van der Waals surface area contributed by atoms with Crippen molar-refractivity contribution in [2.75, 3.05) is 0 Å². The Morgan fingerprint density at radius 3 is 2.89 bits per heavy atom. The number of hydrogen-bond donors (Lipinski definition) is 0. The zero-order valence-corrected chi connectivity index (χ0v) is 4.50. The van der Waals surface area contributed by atoms with Crippen LogP contribution >= 0.6 is 0 Å². The van der Waals surface area contributed by atoms with Gasteiger partial charge in [0.15, 0.2) is 0 Å². The molecule has 0 N–H and O–H groups in total. The van der Waals surface area contributed by atoms with E-state index in [0.29, 0.717) is 6.04 Å². The molecule has 0 aromatic carbocycles. The molecule has 0 saturated carbocycles. The zero-order chi connectivity index (χ0) is 5.56. The number of rotatable bonds is 0. The molecule has 46 valence electrons. The Bertz CT molecular complexity index is 166. The topological polar surface area (TPSA) is 20.3 Å². The Balaban J connectivity index is 0.000000405. The van der Waals surface area contributed by atoms with Crippen molar-refractivity contribution in [2.24, 2.45) is 0 Å². The summed E-state index contributed by atoms with van der Waals surface area (Å²) in [4.78, 5) is 12.4. The van der Waals surface area contributed by atoms with Gasteiger partial charge in [-0.2, -0.15) is 0 Å². The fourth-order valence-corrected chi connectivity index (χ4v) is 1.23. The van der Waals surface area contributed by atoms with Crippen molar-refractivity contribution in [3.8, 4) is 0 Å². The summed E-state index contributed by atoms with van der Waals surface area (Å²) in [6, 6.07) is 0.544. The van der Waals surface area contributed by atoms with Gasteiger partial charge in [0, 0.05) is 18.7 Å². The molecule has 0 aliphatic carbocycles. The first-order valence-electron chi connectivity index (χ1n) is 2.86. The van der Waals surface area contributed by atoms with Crippen molar-refractivity contribution in [3.63, 3.8) is 0 Å². The van der Waals surface area contributed by atoms with Gasteiger partial charge in [-0.15, -0.1) is 0 Å². The molecule has 0 radical (unpaired) electrons. The number of amides is 1. The summed E-state index contributed by atoms with van der Waals surface area (Å²) in [6.07, 6.45) is 5.78. The second-order valence-electron chi connectivity index (χ2n) is 2.28. The van der Waals surface area contributed by atoms with Gasteiger partial charge in [0.05, 0.1) is 0 Å². The SMILES string of the molecule is O=C1CC2CC=CN12.[CaH2]. The van der Waals surface area contributed by atoms with Crippen LogP contribution < -0.4 is 0 Å². The Labute approximate surface area is 83.9 Å². The molecule has 2 aliphatic rings. The van der Waals surface area contributed by atoms with Crippen LogP contribution in [0.25, 0.3) is 0 Å². The predicted molar refractivity (Wildman–Crippen MR) is 37.6 cm³/mol. The van der Waals surface area contributed by atoms with Crippen LogP contribution in [0.3, 0.4) is 0 Å². The molecular formula is C6H9CaNO. The van der Waals surface area contributed by atoms with Gasteiger partial charge in [-0.1, -0.05) is 6.08 Å². The van der Waals surface area contributed by atoms with Gasteiger partial charge in [-0.25, -0.2) is 0 Å². The van der Waals surface area contributed by atoms with Crippen molar-refractivity contribution in [1.29, 1.82) is 0 Å². The molecular weight excluding hydrogens is 142 g/mol. The maximum absolute atomic E-state index is 10.6. The van der Waals surface area contributed by atoms with Gasteiger partial charge in [-0.05, 0) is 6.42 Å². The number of carbonyl (C=O) groups is 1. The predicted octanol–water partition coefficient (Wildman–Crippen LogP) is -0.412. The second kappa shape index (κ2) is 2.60. The van der Waals surface area contributed by atoms with Crippen molar-refractivity contribution < 1.29 is 4.79 Å². The van der Waals surface area contributed by atoms with Crippen molar-refractivity contribution in [1.82, 2.24) is 4.90 Å². The van der Waals surface area contributed by atoms with Crippen LogP contribution in [-0.4, -0.2) is 54.6 Å². The molecule has 2 nitrogen and oxygen atoms in total. The minimum atomic E-state index is 0. The summed E-state index contributed by atoms with van der Waals surface area (Å²) >= 11 is 0. The van der Waals surface area contributed by atoms with Gasteiger partial charge in [0.25, 0.3) is 0 Å². The third-order valence-corrected chi connectivity index (χ3v) is 1.77. The van der Waals surface area contributed by atoms with E-state index in [2.05, 4.69) is 6.08 Å². The van der Waals surface area contributed by atoms with Crippen LogP contribution in [0.1, 0.15) is 12.8 Å². The van der Waals surface area contributed by atoms with Gasteiger partial charge in [0.2, 0.25) is 5.91 Å². The molecule has 0 aromatic heterocycles. The second-order valence-corrected chi connectivity index (χ2v) is 2.28. The van der Waals surface area contributed by atoms with Crippen LogP contribution in [0.5, 0.6) is 0 Å². The van der Waals surface area contributed by atoms with Crippen LogP contribution in [-0.2, 0) is 4.79 Å². The normalized spacial score (nSPS) is 29.1. The van der Waals surface area contributed by atoms with E-state index in [9.17, 15) is 4.79 Å². The first-order valence-corrected chi connectivity index (χ1v) is 2.86. The van der Waals surface area contributed by atoms with Crippen LogP contribution in [0.4, 0.5) is 0 Å². The number of hydrogen-bond acceptors (Lipinski definition) is 1. The van der Waals surface area contributed by atoms with E-state index in [-0.39, 0.29) is 43.6 Å². The molecule has 0 spiro atoms. The monoisotopic (exact) mass is 151 g/mol. The average molecular weight is 151 g/mol. The third-order valence-electron chi connectivity index (χ3n) is 1.77. The number of fused-ring (bicyclic) bond motifs is 1. The Hall–Kier alpha value is 0.470. The summed E-state index contributed by atoms with van der Waals surface area (Å²) in [5.41, 5.74) is 0. The van der Waals surface area contributed by atoms with E-state index in [1.54, 1.807) is 4.90 Å². The Morgan fingerprint density at radius 1 is 1.67 bits per heavy atom. The summed E-state index contributed by atoms with van der Waals surface area (Å²) < 4.78 is 0. The molecule has 1 amide bonds. The maximum atomic E-state index is 10.6. The molecule has 1 unspecified atom stereocenters. The fourth-order valence-electron chi connectivity index (χ4n) is 1.23. The van der Waals surface area contributed by atoms with Gasteiger partial charge in [0.1, 0.15) is 0 Å². The molecule has 3 heteroatoms. The molecule has 1 saturated heterocycles. The number of nitrogens with zero attached hydrogens (tertiary/aromatic N) is 1. The third kappa shape index (κ3) is 1.04. The summed E-state index contributed by atoms with van der Waals surface area (Å²) in [7, 11) is 0. The fraction of sp³-hybridized carbons (Fsp3) is 0.500. The standard InChI is InChI=1S/C6H7NO.Ca.2H/c8-6-4-5-2-1-3-7(5)6;;;/h1,3,5H,2,4H2;;;. The first-order chi connectivity index (χ1) is 3.88. The van der Waals surface area contributed by atoms with Crippen LogP contribution in [0.15, 0.2) is 12.3 Å². The molecule has 1 atom stereocenters. The molecule has 0 bridgehead atoms. The quantitative estimate of drug-likeness (QED) is 0.340. The van der Waals surface area contributed by atoms with Gasteiger partial charge < -0.3 is 4.90 Å². The summed E-state index contributed by atoms with van der Waals surface area (Å²) in [5, 5.41) is 0. The molecule has 9 heavy (non-hydrogen) atoms. The Kier molecular flexibility index (Phi) is 2.19. The Morgan fingerprint density at radius 2 is 2.44 bits per heavy atom. The minimum absolute atomic E-state index is 0. The van der Waals surface area contributed by atoms with E-state index >= 15 is 0 Å². The van der Waals surface area contributed by atoms with E-state index < -0.39 is 0 Å². The molecule has 0 aromatic rings.